The number of hydrogen-bond donors (Lipinski definition) is 0. The number of pyridine rings is 1. The van der Waals surface area contributed by atoms with E-state index in [1.165, 1.54) is 16.6 Å². The monoisotopic (exact) mass is 401 g/mol. The molecule has 1 aromatic carbocycles. The van der Waals surface area contributed by atoms with Crippen molar-refractivity contribution in [3.05, 3.63) is 60.6 Å². The van der Waals surface area contributed by atoms with Crippen molar-refractivity contribution in [1.82, 2.24) is 19.0 Å². The quantitative estimate of drug-likeness (QED) is 0.520. The second-order valence-corrected chi connectivity index (χ2v) is 8.29. The van der Waals surface area contributed by atoms with Crippen LogP contribution in [0.3, 0.4) is 0 Å². The first-order chi connectivity index (χ1) is 14.6. The van der Waals surface area contributed by atoms with Crippen molar-refractivity contribution in [3.63, 3.8) is 0 Å². The second-order valence-electron chi connectivity index (χ2n) is 8.29. The largest absolute Gasteiger partial charge is 0.368 e. The summed E-state index contributed by atoms with van der Waals surface area (Å²) in [6.45, 7) is 7.42. The van der Waals surface area contributed by atoms with Crippen LogP contribution in [0.1, 0.15) is 30.4 Å². The molecule has 3 aromatic heterocycles. The molecule has 1 saturated heterocycles. The molecule has 30 heavy (non-hydrogen) atoms. The molecule has 1 aliphatic rings. The number of para-hydroxylation sites is 1. The van der Waals surface area contributed by atoms with Crippen molar-refractivity contribution in [2.24, 2.45) is 7.05 Å². The fraction of sp³-hybridized carbons (Fsp3) is 0.333. The Morgan fingerprint density at radius 1 is 0.967 bits per heavy atom. The number of carbonyl (C=O) groups is 1. The standard InChI is InChI=1S/C24H27N5O/c1-17(2)29-22(16-21-23(29)19-6-4-5-7-20(19)26(21)3)24(30)28-14-12-27(13-15-28)18-8-10-25-11-9-18/h4-11,16-17H,12-15H2,1-3H3. The maximum Gasteiger partial charge on any atom is 0.270 e. The number of piperazine rings is 1. The zero-order valence-corrected chi connectivity index (χ0v) is 17.7. The number of carbonyl (C=O) groups excluding carboxylic acids is 1. The van der Waals surface area contributed by atoms with Crippen LogP contribution in [0, 0.1) is 0 Å². The van der Waals surface area contributed by atoms with Crippen molar-refractivity contribution >= 4 is 33.5 Å². The molecule has 0 radical (unpaired) electrons. The first-order valence-electron chi connectivity index (χ1n) is 10.6. The minimum atomic E-state index is 0.123. The van der Waals surface area contributed by atoms with E-state index in [2.05, 4.69) is 70.2 Å². The number of aromatic nitrogens is 3. The van der Waals surface area contributed by atoms with Crippen LogP contribution < -0.4 is 4.90 Å². The van der Waals surface area contributed by atoms with E-state index in [0.717, 1.165) is 42.9 Å². The van der Waals surface area contributed by atoms with Crippen LogP contribution in [0.25, 0.3) is 21.9 Å². The Balaban J connectivity index is 1.48. The fourth-order valence-corrected chi connectivity index (χ4v) is 4.72. The third-order valence-electron chi connectivity index (χ3n) is 6.23. The molecular formula is C24H27N5O. The number of nitrogens with zero attached hydrogens (tertiary/aromatic N) is 5. The van der Waals surface area contributed by atoms with E-state index < -0.39 is 0 Å². The molecule has 1 amide bonds. The third-order valence-corrected chi connectivity index (χ3v) is 6.23. The number of amides is 1. The summed E-state index contributed by atoms with van der Waals surface area (Å²) in [6.07, 6.45) is 3.64. The van der Waals surface area contributed by atoms with Crippen LogP contribution in [0.2, 0.25) is 0 Å². The highest BCUT2D eigenvalue weighted by Gasteiger charge is 2.28. The molecule has 0 saturated carbocycles. The lowest BCUT2D eigenvalue weighted by molar-refractivity contribution is 0.0735. The van der Waals surface area contributed by atoms with E-state index in [-0.39, 0.29) is 11.9 Å². The zero-order chi connectivity index (χ0) is 20.8. The number of rotatable bonds is 3. The SMILES string of the molecule is CC(C)n1c(C(=O)N2CCN(c3ccncc3)CC2)cc2c1c1ccccc1n2C. The summed E-state index contributed by atoms with van der Waals surface area (Å²) in [7, 11) is 2.08. The first kappa shape index (κ1) is 18.7. The van der Waals surface area contributed by atoms with Crippen LogP contribution >= 0.6 is 0 Å². The van der Waals surface area contributed by atoms with Crippen molar-refractivity contribution < 1.29 is 4.79 Å². The second kappa shape index (κ2) is 7.20. The molecule has 0 aliphatic carbocycles. The number of anilines is 1. The average molecular weight is 402 g/mol. The Kier molecular flexibility index (Phi) is 4.50. The smallest absolute Gasteiger partial charge is 0.270 e. The summed E-state index contributed by atoms with van der Waals surface area (Å²) in [5, 5.41) is 1.20. The first-order valence-corrected chi connectivity index (χ1v) is 10.6. The Hall–Kier alpha value is -3.28. The van der Waals surface area contributed by atoms with Crippen molar-refractivity contribution in [2.45, 2.75) is 19.9 Å². The number of aryl methyl sites for hydroxylation is 1. The van der Waals surface area contributed by atoms with Crippen molar-refractivity contribution in [2.75, 3.05) is 31.1 Å². The molecule has 154 valence electrons. The third kappa shape index (κ3) is 2.86. The van der Waals surface area contributed by atoms with Gasteiger partial charge < -0.3 is 18.9 Å². The molecule has 1 fully saturated rings. The molecule has 0 spiro atoms. The maximum absolute atomic E-state index is 13.6. The Bertz CT molecular complexity index is 1210. The van der Waals surface area contributed by atoms with E-state index in [1.807, 2.05) is 29.4 Å². The lowest BCUT2D eigenvalue weighted by atomic mass is 10.2. The molecule has 0 atom stereocenters. The molecule has 0 N–H and O–H groups in total. The molecule has 6 heteroatoms. The van der Waals surface area contributed by atoms with Gasteiger partial charge in [-0.25, -0.2) is 0 Å². The van der Waals surface area contributed by atoms with Crippen LogP contribution in [0.4, 0.5) is 5.69 Å². The van der Waals surface area contributed by atoms with Gasteiger partial charge in [0.1, 0.15) is 5.69 Å². The van der Waals surface area contributed by atoms with Gasteiger partial charge in [0.05, 0.1) is 16.6 Å². The maximum atomic E-state index is 13.6. The lowest BCUT2D eigenvalue weighted by Gasteiger charge is -2.36. The lowest BCUT2D eigenvalue weighted by Crippen LogP contribution is -2.49. The summed E-state index contributed by atoms with van der Waals surface area (Å²) in [5.41, 5.74) is 5.42. The Morgan fingerprint density at radius 2 is 1.67 bits per heavy atom. The van der Waals surface area contributed by atoms with Crippen LogP contribution in [0.5, 0.6) is 0 Å². The van der Waals surface area contributed by atoms with E-state index >= 15 is 0 Å². The van der Waals surface area contributed by atoms with Gasteiger partial charge in [-0.05, 0) is 38.1 Å². The van der Waals surface area contributed by atoms with Gasteiger partial charge >= 0.3 is 0 Å². The van der Waals surface area contributed by atoms with Gasteiger partial charge in [0.2, 0.25) is 0 Å². The van der Waals surface area contributed by atoms with Gasteiger partial charge in [0.25, 0.3) is 5.91 Å². The highest BCUT2D eigenvalue weighted by Crippen LogP contribution is 2.33. The summed E-state index contributed by atoms with van der Waals surface area (Å²) < 4.78 is 4.41. The summed E-state index contributed by atoms with van der Waals surface area (Å²) in [6, 6.07) is 14.8. The number of fused-ring (bicyclic) bond motifs is 3. The van der Waals surface area contributed by atoms with Crippen LogP contribution in [0.15, 0.2) is 54.9 Å². The van der Waals surface area contributed by atoms with Gasteiger partial charge in [-0.1, -0.05) is 18.2 Å². The van der Waals surface area contributed by atoms with Gasteiger partial charge in [-0.15, -0.1) is 0 Å². The number of benzene rings is 1. The molecule has 0 unspecified atom stereocenters. The van der Waals surface area contributed by atoms with E-state index in [0.29, 0.717) is 0 Å². The minimum absolute atomic E-state index is 0.123. The molecule has 6 nitrogen and oxygen atoms in total. The molecule has 1 aliphatic heterocycles. The molecule has 4 aromatic rings. The van der Waals surface area contributed by atoms with E-state index in [9.17, 15) is 4.79 Å². The summed E-state index contributed by atoms with van der Waals surface area (Å²) in [4.78, 5) is 22.0. The van der Waals surface area contributed by atoms with Crippen molar-refractivity contribution in [1.29, 1.82) is 0 Å². The Labute approximate surface area is 176 Å². The normalized spacial score (nSPS) is 14.9. The summed E-state index contributed by atoms with van der Waals surface area (Å²) >= 11 is 0. The van der Waals surface area contributed by atoms with Gasteiger partial charge in [-0.3, -0.25) is 9.78 Å². The molecule has 5 rings (SSSR count). The highest BCUT2D eigenvalue weighted by molar-refractivity contribution is 6.10. The van der Waals surface area contributed by atoms with E-state index in [4.69, 9.17) is 0 Å². The topological polar surface area (TPSA) is 46.3 Å². The summed E-state index contributed by atoms with van der Waals surface area (Å²) in [5.74, 6) is 0.123. The minimum Gasteiger partial charge on any atom is -0.368 e. The molecular weight excluding hydrogens is 374 g/mol. The molecule has 0 bridgehead atoms. The van der Waals surface area contributed by atoms with Crippen LogP contribution in [-0.2, 0) is 7.05 Å². The van der Waals surface area contributed by atoms with Gasteiger partial charge in [0.15, 0.2) is 0 Å². The number of hydrogen-bond acceptors (Lipinski definition) is 3. The van der Waals surface area contributed by atoms with Crippen molar-refractivity contribution in [3.8, 4) is 0 Å². The predicted molar refractivity (Wildman–Crippen MR) is 121 cm³/mol. The van der Waals surface area contributed by atoms with Crippen LogP contribution in [-0.4, -0.2) is 51.1 Å². The van der Waals surface area contributed by atoms with Gasteiger partial charge in [-0.2, -0.15) is 0 Å². The fourth-order valence-electron chi connectivity index (χ4n) is 4.72. The Morgan fingerprint density at radius 3 is 2.37 bits per heavy atom. The molecule has 4 heterocycles. The van der Waals surface area contributed by atoms with Gasteiger partial charge in [0, 0.05) is 62.7 Å². The average Bonchev–Trinajstić information content (AvgIpc) is 3.31. The van der Waals surface area contributed by atoms with E-state index in [1.54, 1.807) is 0 Å². The highest BCUT2D eigenvalue weighted by atomic mass is 16.2. The zero-order valence-electron chi connectivity index (χ0n) is 17.7. The predicted octanol–water partition coefficient (Wildman–Crippen LogP) is 4.07.